The summed E-state index contributed by atoms with van der Waals surface area (Å²) in [6, 6.07) is 6.64. The van der Waals surface area contributed by atoms with Crippen molar-refractivity contribution < 1.29 is 24.2 Å². The van der Waals surface area contributed by atoms with Gasteiger partial charge in [0, 0.05) is 37.0 Å². The molecule has 0 radical (unpaired) electrons. The van der Waals surface area contributed by atoms with Crippen LogP contribution in [0.25, 0.3) is 0 Å². The first-order valence-corrected chi connectivity index (χ1v) is 8.47. The number of nitrogens with zero attached hydrogens (tertiary/aromatic N) is 2. The zero-order valence-electron chi connectivity index (χ0n) is 15.2. The van der Waals surface area contributed by atoms with Crippen molar-refractivity contribution in [3.8, 4) is 11.5 Å². The molecule has 2 aromatic rings. The Labute approximate surface area is 156 Å². The van der Waals surface area contributed by atoms with Crippen molar-refractivity contribution in [3.63, 3.8) is 0 Å². The fourth-order valence-corrected chi connectivity index (χ4v) is 3.09. The standard InChI is InChI=1S/C19H21N3O5/c1-26-16-4-3-12(9-17(16)27-2)10-21-19(25)22-8-6-15-14(11-22)13(18(23)24)5-7-20-15/h3-5,7,9H,6,8,10-11H2,1-2H3,(H,21,25)(H,23,24). The van der Waals surface area contributed by atoms with Crippen LogP contribution in [0.3, 0.4) is 0 Å². The van der Waals surface area contributed by atoms with E-state index in [0.717, 1.165) is 11.3 Å². The van der Waals surface area contributed by atoms with Crippen LogP contribution in [0.2, 0.25) is 0 Å². The lowest BCUT2D eigenvalue weighted by atomic mass is 10.0. The largest absolute Gasteiger partial charge is 0.493 e. The van der Waals surface area contributed by atoms with Crippen molar-refractivity contribution in [1.82, 2.24) is 15.2 Å². The van der Waals surface area contributed by atoms with Crippen molar-refractivity contribution in [3.05, 3.63) is 52.8 Å². The summed E-state index contributed by atoms with van der Waals surface area (Å²) in [7, 11) is 3.12. The molecule has 3 rings (SSSR count). The van der Waals surface area contributed by atoms with E-state index in [1.165, 1.54) is 12.3 Å². The van der Waals surface area contributed by atoms with E-state index in [1.807, 2.05) is 6.07 Å². The number of rotatable bonds is 5. The highest BCUT2D eigenvalue weighted by atomic mass is 16.5. The number of fused-ring (bicyclic) bond motifs is 1. The highest BCUT2D eigenvalue weighted by Gasteiger charge is 2.25. The molecule has 1 aromatic carbocycles. The minimum absolute atomic E-state index is 0.192. The average molecular weight is 371 g/mol. The smallest absolute Gasteiger partial charge is 0.336 e. The number of carbonyl (C=O) groups excluding carboxylic acids is 1. The van der Waals surface area contributed by atoms with Crippen LogP contribution in [0.5, 0.6) is 11.5 Å². The topological polar surface area (TPSA) is 101 Å². The summed E-state index contributed by atoms with van der Waals surface area (Å²) < 4.78 is 10.5. The molecule has 8 nitrogen and oxygen atoms in total. The molecule has 8 heteroatoms. The van der Waals surface area contributed by atoms with Crippen LogP contribution in [-0.4, -0.2) is 47.8 Å². The highest BCUT2D eigenvalue weighted by Crippen LogP contribution is 2.27. The monoisotopic (exact) mass is 371 g/mol. The second kappa shape index (κ2) is 7.94. The number of amides is 2. The predicted octanol–water partition coefficient (Wildman–Crippen LogP) is 2.06. The van der Waals surface area contributed by atoms with E-state index in [9.17, 15) is 14.7 Å². The zero-order valence-corrected chi connectivity index (χ0v) is 15.2. The number of pyridine rings is 1. The van der Waals surface area contributed by atoms with Gasteiger partial charge in [0.05, 0.1) is 26.3 Å². The van der Waals surface area contributed by atoms with Gasteiger partial charge in [0.1, 0.15) is 0 Å². The number of carboxylic acids is 1. The molecule has 0 fully saturated rings. The highest BCUT2D eigenvalue weighted by molar-refractivity contribution is 5.89. The lowest BCUT2D eigenvalue weighted by Gasteiger charge is -2.29. The van der Waals surface area contributed by atoms with Crippen LogP contribution < -0.4 is 14.8 Å². The maximum absolute atomic E-state index is 12.5. The van der Waals surface area contributed by atoms with Crippen LogP contribution in [0.4, 0.5) is 4.79 Å². The van der Waals surface area contributed by atoms with Gasteiger partial charge in [-0.2, -0.15) is 0 Å². The number of ether oxygens (including phenoxy) is 2. The van der Waals surface area contributed by atoms with Gasteiger partial charge < -0.3 is 24.8 Å². The Balaban J connectivity index is 1.67. The van der Waals surface area contributed by atoms with Crippen molar-refractivity contribution in [1.29, 1.82) is 0 Å². The van der Waals surface area contributed by atoms with Crippen molar-refractivity contribution in [2.45, 2.75) is 19.5 Å². The van der Waals surface area contributed by atoms with E-state index in [0.29, 0.717) is 36.6 Å². The van der Waals surface area contributed by atoms with Crippen molar-refractivity contribution in [2.24, 2.45) is 0 Å². The van der Waals surface area contributed by atoms with Crippen LogP contribution >= 0.6 is 0 Å². The number of urea groups is 1. The number of aromatic carboxylic acids is 1. The first-order chi connectivity index (χ1) is 13.0. The maximum Gasteiger partial charge on any atom is 0.336 e. The maximum atomic E-state index is 12.5. The molecular formula is C19H21N3O5. The molecule has 27 heavy (non-hydrogen) atoms. The van der Waals surface area contributed by atoms with E-state index in [-0.39, 0.29) is 18.1 Å². The number of hydrogen-bond acceptors (Lipinski definition) is 5. The first kappa shape index (κ1) is 18.5. The quantitative estimate of drug-likeness (QED) is 0.834. The Bertz CT molecular complexity index is 868. The number of nitrogens with one attached hydrogen (secondary N) is 1. The molecule has 2 N–H and O–H groups in total. The summed E-state index contributed by atoms with van der Waals surface area (Å²) in [4.78, 5) is 29.8. The molecule has 0 bridgehead atoms. The van der Waals surface area contributed by atoms with Gasteiger partial charge in [0.25, 0.3) is 0 Å². The number of carbonyl (C=O) groups is 2. The van der Waals surface area contributed by atoms with E-state index in [1.54, 1.807) is 31.3 Å². The molecule has 2 heterocycles. The van der Waals surface area contributed by atoms with E-state index in [4.69, 9.17) is 9.47 Å². The molecule has 142 valence electrons. The first-order valence-electron chi connectivity index (χ1n) is 8.47. The Morgan fingerprint density at radius 2 is 2.00 bits per heavy atom. The summed E-state index contributed by atoms with van der Waals surface area (Å²) in [5, 5.41) is 12.2. The second-order valence-corrected chi connectivity index (χ2v) is 6.11. The number of benzene rings is 1. The van der Waals surface area contributed by atoms with Crippen LogP contribution in [0, 0.1) is 0 Å². The molecule has 0 unspecified atom stereocenters. The zero-order chi connectivity index (χ0) is 19.4. The third kappa shape index (κ3) is 3.94. The number of carboxylic acid groups (broad SMARTS) is 1. The summed E-state index contributed by atoms with van der Waals surface area (Å²) in [5.41, 5.74) is 2.39. The van der Waals surface area contributed by atoms with Gasteiger partial charge in [-0.1, -0.05) is 6.07 Å². The third-order valence-corrected chi connectivity index (χ3v) is 4.52. The minimum Gasteiger partial charge on any atom is -0.493 e. The number of hydrogen-bond donors (Lipinski definition) is 2. The van der Waals surface area contributed by atoms with Gasteiger partial charge in [-0.3, -0.25) is 4.98 Å². The SMILES string of the molecule is COc1ccc(CNC(=O)N2CCc3nccc(C(=O)O)c3C2)cc1OC. The van der Waals surface area contributed by atoms with Crippen LogP contribution in [0.1, 0.15) is 27.2 Å². The predicted molar refractivity (Wildman–Crippen MR) is 97.1 cm³/mol. The lowest BCUT2D eigenvalue weighted by Crippen LogP contribution is -2.43. The van der Waals surface area contributed by atoms with Gasteiger partial charge in [-0.05, 0) is 23.8 Å². The molecule has 1 aliphatic rings. The molecular weight excluding hydrogens is 350 g/mol. The summed E-state index contributed by atoms with van der Waals surface area (Å²) in [6.07, 6.45) is 2.02. The van der Waals surface area contributed by atoms with Gasteiger partial charge in [-0.25, -0.2) is 9.59 Å². The molecule has 0 saturated carbocycles. The van der Waals surface area contributed by atoms with Gasteiger partial charge in [0.15, 0.2) is 11.5 Å². The number of aromatic nitrogens is 1. The van der Waals surface area contributed by atoms with E-state index >= 15 is 0 Å². The van der Waals surface area contributed by atoms with Crippen molar-refractivity contribution >= 4 is 12.0 Å². The van der Waals surface area contributed by atoms with E-state index in [2.05, 4.69) is 10.3 Å². The molecule has 0 aliphatic carbocycles. The van der Waals surface area contributed by atoms with E-state index < -0.39 is 5.97 Å². The molecule has 1 aliphatic heterocycles. The van der Waals surface area contributed by atoms with Crippen molar-refractivity contribution in [2.75, 3.05) is 20.8 Å². The molecule has 0 saturated heterocycles. The van der Waals surface area contributed by atoms with Crippen LogP contribution in [0.15, 0.2) is 30.5 Å². The Kier molecular flexibility index (Phi) is 5.44. The molecule has 1 aromatic heterocycles. The Morgan fingerprint density at radius 1 is 1.22 bits per heavy atom. The molecule has 0 spiro atoms. The lowest BCUT2D eigenvalue weighted by molar-refractivity contribution is 0.0693. The summed E-state index contributed by atoms with van der Waals surface area (Å²) >= 11 is 0. The number of methoxy groups -OCH3 is 2. The van der Waals surface area contributed by atoms with Gasteiger partial charge >= 0.3 is 12.0 Å². The molecule has 2 amide bonds. The third-order valence-electron chi connectivity index (χ3n) is 4.52. The van der Waals surface area contributed by atoms with Gasteiger partial charge in [-0.15, -0.1) is 0 Å². The molecule has 0 atom stereocenters. The summed E-state index contributed by atoms with van der Waals surface area (Å²) in [6.45, 7) is 1.03. The summed E-state index contributed by atoms with van der Waals surface area (Å²) in [5.74, 6) is 0.198. The Hall–Kier alpha value is -3.29. The fraction of sp³-hybridized carbons (Fsp3) is 0.316. The minimum atomic E-state index is -1.01. The van der Waals surface area contributed by atoms with Crippen LogP contribution in [-0.2, 0) is 19.5 Å². The normalized spacial score (nSPS) is 12.9. The average Bonchev–Trinajstić information content (AvgIpc) is 2.70. The fourth-order valence-electron chi connectivity index (χ4n) is 3.09. The van der Waals surface area contributed by atoms with Gasteiger partial charge in [0.2, 0.25) is 0 Å². The second-order valence-electron chi connectivity index (χ2n) is 6.11. The Morgan fingerprint density at radius 3 is 2.70 bits per heavy atom.